The van der Waals surface area contributed by atoms with Gasteiger partial charge in [0.1, 0.15) is 0 Å². The van der Waals surface area contributed by atoms with Gasteiger partial charge in [-0.3, -0.25) is 14.9 Å². The van der Waals surface area contributed by atoms with E-state index in [0.29, 0.717) is 32.6 Å². The van der Waals surface area contributed by atoms with Crippen molar-refractivity contribution in [2.24, 2.45) is 0 Å². The van der Waals surface area contributed by atoms with Crippen molar-refractivity contribution >= 4 is 11.8 Å². The van der Waals surface area contributed by atoms with Crippen LogP contribution in [0.15, 0.2) is 18.2 Å². The first-order chi connectivity index (χ1) is 10.2. The maximum absolute atomic E-state index is 11.7. The van der Waals surface area contributed by atoms with Crippen LogP contribution in [0.25, 0.3) is 0 Å². The highest BCUT2D eigenvalue weighted by Crippen LogP contribution is 2.30. The van der Waals surface area contributed by atoms with Crippen molar-refractivity contribution in [1.82, 2.24) is 10.6 Å². The van der Waals surface area contributed by atoms with E-state index in [9.17, 15) is 9.59 Å². The van der Waals surface area contributed by atoms with Crippen LogP contribution in [0.2, 0.25) is 0 Å². The lowest BCUT2D eigenvalue weighted by molar-refractivity contribution is -0.134. The van der Waals surface area contributed by atoms with Gasteiger partial charge >= 0.3 is 0 Å². The number of fused-ring (bicyclic) bond motifs is 1. The molecule has 2 N–H and O–H groups in total. The highest BCUT2D eigenvalue weighted by molar-refractivity contribution is 6.00. The fourth-order valence-corrected chi connectivity index (χ4v) is 2.45. The Balaban J connectivity index is 1.62. The van der Waals surface area contributed by atoms with Gasteiger partial charge in [-0.25, -0.2) is 0 Å². The van der Waals surface area contributed by atoms with E-state index in [-0.39, 0.29) is 17.9 Å². The number of nitrogens with one attached hydrogen (secondary N) is 2. The maximum Gasteiger partial charge on any atom is 0.243 e. The van der Waals surface area contributed by atoms with Crippen LogP contribution < -0.4 is 20.1 Å². The molecule has 0 radical (unpaired) electrons. The quantitative estimate of drug-likeness (QED) is 0.803. The number of ether oxygens (including phenoxy) is 2. The molecule has 0 bridgehead atoms. The van der Waals surface area contributed by atoms with Crippen LogP contribution in [0.3, 0.4) is 0 Å². The van der Waals surface area contributed by atoms with Gasteiger partial charge in [0.2, 0.25) is 11.8 Å². The topological polar surface area (TPSA) is 76.7 Å². The summed E-state index contributed by atoms with van der Waals surface area (Å²) in [6.45, 7) is 1.86. The first-order valence-electron chi connectivity index (χ1n) is 7.18. The van der Waals surface area contributed by atoms with E-state index in [4.69, 9.17) is 9.47 Å². The summed E-state index contributed by atoms with van der Waals surface area (Å²) >= 11 is 0. The van der Waals surface area contributed by atoms with Gasteiger partial charge in [0.15, 0.2) is 11.5 Å². The highest BCUT2D eigenvalue weighted by Gasteiger charge is 2.25. The van der Waals surface area contributed by atoms with Crippen LogP contribution in [0, 0.1) is 0 Å². The van der Waals surface area contributed by atoms with E-state index in [1.54, 1.807) is 0 Å². The molecule has 2 aliphatic heterocycles. The molecule has 6 heteroatoms. The third-order valence-electron chi connectivity index (χ3n) is 3.60. The molecule has 0 aromatic heterocycles. The van der Waals surface area contributed by atoms with Gasteiger partial charge in [-0.1, -0.05) is 6.07 Å². The predicted octanol–water partition coefficient (Wildman–Crippen LogP) is 0.743. The van der Waals surface area contributed by atoms with Crippen LogP contribution in [0.4, 0.5) is 0 Å². The molecule has 1 aromatic carbocycles. The molecular weight excluding hydrogens is 272 g/mol. The van der Waals surface area contributed by atoms with E-state index >= 15 is 0 Å². The first kappa shape index (κ1) is 13.9. The summed E-state index contributed by atoms with van der Waals surface area (Å²) in [5.74, 6) is 1.06. The van der Waals surface area contributed by atoms with Crippen molar-refractivity contribution in [2.45, 2.75) is 31.8 Å². The average Bonchev–Trinajstić information content (AvgIpc) is 2.71. The second kappa shape index (κ2) is 6.13. The number of carbonyl (C=O) groups excluding carboxylic acids is 2. The predicted molar refractivity (Wildman–Crippen MR) is 75.1 cm³/mol. The van der Waals surface area contributed by atoms with Crippen molar-refractivity contribution in [3.63, 3.8) is 0 Å². The molecule has 21 heavy (non-hydrogen) atoms. The van der Waals surface area contributed by atoms with Gasteiger partial charge in [0.05, 0.1) is 19.3 Å². The second-order valence-corrected chi connectivity index (χ2v) is 5.22. The van der Waals surface area contributed by atoms with Gasteiger partial charge in [-0.05, 0) is 24.1 Å². The SMILES string of the molecule is O=C1CCC(NCc2ccc3c(c2)OCCCO3)C(=O)N1. The minimum Gasteiger partial charge on any atom is -0.490 e. The summed E-state index contributed by atoms with van der Waals surface area (Å²) in [6.07, 6.45) is 1.79. The zero-order valence-electron chi connectivity index (χ0n) is 11.7. The molecule has 2 heterocycles. The highest BCUT2D eigenvalue weighted by atomic mass is 16.5. The zero-order valence-corrected chi connectivity index (χ0v) is 11.7. The van der Waals surface area contributed by atoms with Gasteiger partial charge in [0.25, 0.3) is 0 Å². The molecule has 0 saturated carbocycles. The average molecular weight is 290 g/mol. The number of hydrogen-bond acceptors (Lipinski definition) is 5. The molecule has 2 amide bonds. The van der Waals surface area contributed by atoms with Crippen molar-refractivity contribution in [1.29, 1.82) is 0 Å². The third-order valence-corrected chi connectivity index (χ3v) is 3.60. The normalized spacial score (nSPS) is 21.6. The van der Waals surface area contributed by atoms with Crippen molar-refractivity contribution in [3.8, 4) is 11.5 Å². The number of amides is 2. The van der Waals surface area contributed by atoms with Crippen molar-refractivity contribution < 1.29 is 19.1 Å². The number of rotatable bonds is 3. The molecule has 1 fully saturated rings. The smallest absolute Gasteiger partial charge is 0.243 e. The molecule has 0 aliphatic carbocycles. The molecule has 6 nitrogen and oxygen atoms in total. The summed E-state index contributed by atoms with van der Waals surface area (Å²) in [7, 11) is 0. The van der Waals surface area contributed by atoms with Crippen LogP contribution in [0.5, 0.6) is 11.5 Å². The maximum atomic E-state index is 11.7. The zero-order chi connectivity index (χ0) is 14.7. The van der Waals surface area contributed by atoms with Crippen LogP contribution in [-0.2, 0) is 16.1 Å². The van der Waals surface area contributed by atoms with Crippen molar-refractivity contribution in [3.05, 3.63) is 23.8 Å². The number of carbonyl (C=O) groups is 2. The molecular formula is C15H18N2O4. The summed E-state index contributed by atoms with van der Waals surface area (Å²) < 4.78 is 11.2. The van der Waals surface area contributed by atoms with E-state index < -0.39 is 0 Å². The Kier molecular flexibility index (Phi) is 4.06. The van der Waals surface area contributed by atoms with E-state index in [1.165, 1.54) is 0 Å². The fraction of sp³-hybridized carbons (Fsp3) is 0.467. The summed E-state index contributed by atoms with van der Waals surface area (Å²) in [6, 6.07) is 5.45. The minimum atomic E-state index is -0.321. The largest absolute Gasteiger partial charge is 0.490 e. The molecule has 1 atom stereocenters. The van der Waals surface area contributed by atoms with Gasteiger partial charge in [0, 0.05) is 19.4 Å². The molecule has 1 aromatic rings. The van der Waals surface area contributed by atoms with Crippen LogP contribution in [-0.4, -0.2) is 31.1 Å². The Morgan fingerprint density at radius 3 is 2.81 bits per heavy atom. The minimum absolute atomic E-state index is 0.200. The molecule has 112 valence electrons. The monoisotopic (exact) mass is 290 g/mol. The number of benzene rings is 1. The Labute approximate surface area is 122 Å². The van der Waals surface area contributed by atoms with Gasteiger partial charge in [-0.2, -0.15) is 0 Å². The fourth-order valence-electron chi connectivity index (χ4n) is 2.45. The summed E-state index contributed by atoms with van der Waals surface area (Å²) in [4.78, 5) is 22.8. The number of imide groups is 1. The van der Waals surface area contributed by atoms with E-state index in [1.807, 2.05) is 18.2 Å². The molecule has 1 unspecified atom stereocenters. The third kappa shape index (κ3) is 3.33. The Bertz CT molecular complexity index is 559. The van der Waals surface area contributed by atoms with E-state index in [2.05, 4.69) is 10.6 Å². The molecule has 0 spiro atoms. The Hall–Kier alpha value is -2.08. The summed E-state index contributed by atoms with van der Waals surface area (Å²) in [5, 5.41) is 5.51. The van der Waals surface area contributed by atoms with E-state index in [0.717, 1.165) is 23.5 Å². The second-order valence-electron chi connectivity index (χ2n) is 5.22. The van der Waals surface area contributed by atoms with Gasteiger partial charge < -0.3 is 14.8 Å². The lowest BCUT2D eigenvalue weighted by atomic mass is 10.1. The number of piperidine rings is 1. The lowest BCUT2D eigenvalue weighted by Crippen LogP contribution is -2.50. The van der Waals surface area contributed by atoms with Crippen LogP contribution >= 0.6 is 0 Å². The molecule has 1 saturated heterocycles. The Morgan fingerprint density at radius 2 is 2.00 bits per heavy atom. The lowest BCUT2D eigenvalue weighted by Gasteiger charge is -2.22. The Morgan fingerprint density at radius 1 is 1.19 bits per heavy atom. The van der Waals surface area contributed by atoms with Gasteiger partial charge in [-0.15, -0.1) is 0 Å². The molecule has 3 rings (SSSR count). The standard InChI is InChI=1S/C15H18N2O4/c18-14-5-3-11(15(19)17-14)16-9-10-2-4-12-13(8-10)21-7-1-6-20-12/h2,4,8,11,16H,1,3,5-7,9H2,(H,17,18,19). The van der Waals surface area contributed by atoms with Crippen LogP contribution in [0.1, 0.15) is 24.8 Å². The molecule has 2 aliphatic rings. The first-order valence-corrected chi connectivity index (χ1v) is 7.18. The summed E-state index contributed by atoms with van der Waals surface area (Å²) in [5.41, 5.74) is 1.02. The number of hydrogen-bond donors (Lipinski definition) is 2. The van der Waals surface area contributed by atoms with Crippen molar-refractivity contribution in [2.75, 3.05) is 13.2 Å².